The van der Waals surface area contributed by atoms with Crippen LogP contribution in [0.3, 0.4) is 0 Å². The second-order valence-electron chi connectivity index (χ2n) is 11.3. The predicted molar refractivity (Wildman–Crippen MR) is 104 cm³/mol. The molecule has 3 heteroatoms. The van der Waals surface area contributed by atoms with Crippen molar-refractivity contribution in [2.45, 2.75) is 103 Å². The van der Waals surface area contributed by atoms with Gasteiger partial charge in [-0.15, -0.1) is 0 Å². The highest BCUT2D eigenvalue weighted by molar-refractivity contribution is 6.74. The van der Waals surface area contributed by atoms with E-state index < -0.39 is 8.32 Å². The maximum Gasteiger partial charge on any atom is 0.191 e. The van der Waals surface area contributed by atoms with Crippen molar-refractivity contribution in [1.82, 2.24) is 0 Å². The van der Waals surface area contributed by atoms with Crippen molar-refractivity contribution in [3.8, 4) is 0 Å². The van der Waals surface area contributed by atoms with E-state index in [4.69, 9.17) is 9.16 Å². The third kappa shape index (κ3) is 3.37. The molecule has 1 saturated heterocycles. The van der Waals surface area contributed by atoms with Crippen LogP contribution in [-0.4, -0.2) is 26.6 Å². The van der Waals surface area contributed by atoms with Gasteiger partial charge in [0.15, 0.2) is 8.32 Å². The molecule has 0 unspecified atom stereocenters. The largest absolute Gasteiger partial charge is 0.417 e. The minimum absolute atomic E-state index is 0.200. The Labute approximate surface area is 151 Å². The third-order valence-electron chi connectivity index (χ3n) is 8.14. The average molecular weight is 353 g/mol. The summed E-state index contributed by atoms with van der Waals surface area (Å²) in [4.78, 5) is 0. The molecule has 1 aliphatic heterocycles. The van der Waals surface area contributed by atoms with Crippen LogP contribution < -0.4 is 0 Å². The number of fused-ring (bicyclic) bond motifs is 2. The molecule has 0 aromatic carbocycles. The zero-order valence-electron chi connectivity index (χ0n) is 17.4. The van der Waals surface area contributed by atoms with Gasteiger partial charge in [-0.3, -0.25) is 0 Å². The molecule has 0 bridgehead atoms. The van der Waals surface area contributed by atoms with E-state index in [1.807, 2.05) is 0 Å². The summed E-state index contributed by atoms with van der Waals surface area (Å²) >= 11 is 0. The van der Waals surface area contributed by atoms with Gasteiger partial charge in [-0.1, -0.05) is 34.6 Å². The van der Waals surface area contributed by atoms with Crippen LogP contribution in [0.1, 0.15) is 73.6 Å². The van der Waals surface area contributed by atoms with E-state index in [1.54, 1.807) is 0 Å². The molecule has 0 N–H and O–H groups in total. The van der Waals surface area contributed by atoms with Crippen LogP contribution in [0.15, 0.2) is 0 Å². The van der Waals surface area contributed by atoms with Crippen molar-refractivity contribution in [2.24, 2.45) is 23.2 Å². The highest BCUT2D eigenvalue weighted by atomic mass is 28.4. The third-order valence-corrected chi connectivity index (χ3v) is 12.6. The number of rotatable bonds is 3. The van der Waals surface area contributed by atoms with Gasteiger partial charge in [-0.25, -0.2) is 0 Å². The van der Waals surface area contributed by atoms with Crippen LogP contribution in [0.5, 0.6) is 0 Å². The van der Waals surface area contributed by atoms with Gasteiger partial charge in [-0.2, -0.15) is 0 Å². The molecule has 2 nitrogen and oxygen atoms in total. The lowest BCUT2D eigenvalue weighted by molar-refractivity contribution is -0.0679. The topological polar surface area (TPSA) is 21.8 Å². The summed E-state index contributed by atoms with van der Waals surface area (Å²) in [6, 6.07) is 0. The highest BCUT2D eigenvalue weighted by Gasteiger charge is 2.57. The summed E-state index contributed by atoms with van der Waals surface area (Å²) in [6.07, 6.45) is 7.07. The number of hydrogen-bond donors (Lipinski definition) is 0. The van der Waals surface area contributed by atoms with Gasteiger partial charge in [0, 0.05) is 6.61 Å². The fourth-order valence-electron chi connectivity index (χ4n) is 5.06. The standard InChI is InChI=1S/C21H40O2Si/c1-19(2,3)24(7,8)22-14-15-9-10-18-21(6,23-18)12-11-17-16(15)13-20(17,4)5/h15-18H,9-14H2,1-8H3/t15-,16-,17-,18-,21-/m1/s1. The van der Waals surface area contributed by atoms with Crippen molar-refractivity contribution < 1.29 is 9.16 Å². The summed E-state index contributed by atoms with van der Waals surface area (Å²) in [5.74, 6) is 2.49. The molecule has 2 aliphatic carbocycles. The normalized spacial score (nSPS) is 42.0. The lowest BCUT2D eigenvalue weighted by atomic mass is 9.51. The van der Waals surface area contributed by atoms with Gasteiger partial charge in [0.2, 0.25) is 0 Å². The smallest absolute Gasteiger partial charge is 0.191 e. The van der Waals surface area contributed by atoms with Crippen molar-refractivity contribution >= 4 is 8.32 Å². The molecule has 140 valence electrons. The van der Waals surface area contributed by atoms with Gasteiger partial charge in [0.25, 0.3) is 0 Å². The molecule has 3 fully saturated rings. The molecule has 0 spiro atoms. The Hall–Kier alpha value is 0.137. The van der Waals surface area contributed by atoms with Gasteiger partial charge < -0.3 is 9.16 Å². The number of epoxide rings is 1. The maximum absolute atomic E-state index is 6.66. The van der Waals surface area contributed by atoms with E-state index in [2.05, 4.69) is 54.6 Å². The molecule has 3 aliphatic rings. The first kappa shape index (κ1) is 18.9. The van der Waals surface area contributed by atoms with Crippen LogP contribution in [0.25, 0.3) is 0 Å². The van der Waals surface area contributed by atoms with Crippen LogP contribution in [0, 0.1) is 23.2 Å². The van der Waals surface area contributed by atoms with Crippen molar-refractivity contribution in [3.63, 3.8) is 0 Å². The van der Waals surface area contributed by atoms with E-state index in [0.29, 0.717) is 16.6 Å². The average Bonchev–Trinajstić information content (AvgIpc) is 3.05. The molecule has 0 aromatic heterocycles. The Bertz CT molecular complexity index is 479. The molecule has 1 heterocycles. The van der Waals surface area contributed by atoms with E-state index in [-0.39, 0.29) is 5.60 Å². The van der Waals surface area contributed by atoms with Crippen molar-refractivity contribution in [2.75, 3.05) is 6.61 Å². The van der Waals surface area contributed by atoms with Gasteiger partial charge in [-0.05, 0) is 80.3 Å². The van der Waals surface area contributed by atoms with Crippen LogP contribution >= 0.6 is 0 Å². The first-order valence-electron chi connectivity index (χ1n) is 10.2. The van der Waals surface area contributed by atoms with Crippen molar-refractivity contribution in [3.05, 3.63) is 0 Å². The lowest BCUT2D eigenvalue weighted by Gasteiger charge is -2.55. The Morgan fingerprint density at radius 1 is 1.08 bits per heavy atom. The summed E-state index contributed by atoms with van der Waals surface area (Å²) in [7, 11) is -1.65. The lowest BCUT2D eigenvalue weighted by Crippen LogP contribution is -2.50. The first-order chi connectivity index (χ1) is 10.9. The van der Waals surface area contributed by atoms with Gasteiger partial charge >= 0.3 is 0 Å². The van der Waals surface area contributed by atoms with E-state index >= 15 is 0 Å². The highest BCUT2D eigenvalue weighted by Crippen LogP contribution is 2.59. The summed E-state index contributed by atoms with van der Waals surface area (Å²) in [5, 5.41) is 0.308. The Kier molecular flexibility index (Phi) is 4.59. The summed E-state index contributed by atoms with van der Waals surface area (Å²) in [5.41, 5.74) is 0.719. The van der Waals surface area contributed by atoms with Crippen LogP contribution in [-0.2, 0) is 9.16 Å². The molecular formula is C21H40O2Si. The minimum atomic E-state index is -1.65. The monoisotopic (exact) mass is 352 g/mol. The Morgan fingerprint density at radius 3 is 2.33 bits per heavy atom. The molecule has 0 aromatic rings. The maximum atomic E-state index is 6.66. The second kappa shape index (κ2) is 5.82. The quantitative estimate of drug-likeness (QED) is 0.458. The molecule has 0 radical (unpaired) electrons. The van der Waals surface area contributed by atoms with E-state index in [9.17, 15) is 0 Å². The molecule has 0 amide bonds. The predicted octanol–water partition coefficient (Wildman–Crippen LogP) is 6.02. The van der Waals surface area contributed by atoms with Gasteiger partial charge in [0.1, 0.15) is 0 Å². The van der Waals surface area contributed by atoms with Gasteiger partial charge in [0.05, 0.1) is 11.7 Å². The minimum Gasteiger partial charge on any atom is -0.417 e. The summed E-state index contributed by atoms with van der Waals surface area (Å²) < 4.78 is 12.7. The molecule has 3 rings (SSSR count). The van der Waals surface area contributed by atoms with Crippen molar-refractivity contribution in [1.29, 1.82) is 0 Å². The molecule has 5 atom stereocenters. The Balaban J connectivity index is 1.69. The zero-order chi connectivity index (χ0) is 18.0. The molecular weight excluding hydrogens is 312 g/mol. The van der Waals surface area contributed by atoms with E-state index in [1.165, 1.54) is 32.1 Å². The van der Waals surface area contributed by atoms with Crippen LogP contribution in [0.4, 0.5) is 0 Å². The van der Waals surface area contributed by atoms with E-state index in [0.717, 1.165) is 24.4 Å². The fraction of sp³-hybridized carbons (Fsp3) is 1.00. The summed E-state index contributed by atoms with van der Waals surface area (Å²) in [6.45, 7) is 20.1. The zero-order valence-corrected chi connectivity index (χ0v) is 18.4. The Morgan fingerprint density at radius 2 is 1.75 bits per heavy atom. The first-order valence-corrected chi connectivity index (χ1v) is 13.1. The number of ether oxygens (including phenoxy) is 1. The molecule has 2 saturated carbocycles. The van der Waals surface area contributed by atoms with Crippen LogP contribution in [0.2, 0.25) is 18.1 Å². The molecule has 24 heavy (non-hydrogen) atoms. The number of hydrogen-bond acceptors (Lipinski definition) is 2. The SMILES string of the molecule is CC1(C)C[C@@H]2[C@@H](CO[Si](C)(C)C(C)(C)C)CC[C@H]3O[C@]3(C)CC[C@H]21. The second-order valence-corrected chi connectivity index (χ2v) is 16.1. The fourth-order valence-corrected chi connectivity index (χ4v) is 6.12.